The fourth-order valence-electron chi connectivity index (χ4n) is 2.21. The maximum atomic E-state index is 12.0. The first-order valence-corrected chi connectivity index (χ1v) is 8.05. The van der Waals surface area contributed by atoms with Crippen LogP contribution in [0.3, 0.4) is 0 Å². The molecule has 7 nitrogen and oxygen atoms in total. The van der Waals surface area contributed by atoms with E-state index in [1.54, 1.807) is 0 Å². The first-order valence-electron chi connectivity index (χ1n) is 6.12. The van der Waals surface area contributed by atoms with Gasteiger partial charge in [-0.1, -0.05) is 6.07 Å². The molecule has 3 rings (SSSR count). The molecule has 2 unspecified atom stereocenters. The molecule has 0 spiro atoms. The Morgan fingerprint density at radius 2 is 2.33 bits per heavy atom. The number of hydrogen-bond donors (Lipinski definition) is 2. The predicted molar refractivity (Wildman–Crippen MR) is 78.1 cm³/mol. The van der Waals surface area contributed by atoms with Crippen LogP contribution < -0.4 is 5.32 Å². The highest BCUT2D eigenvalue weighted by atomic mass is 32.2. The lowest BCUT2D eigenvalue weighted by Crippen LogP contribution is -2.72. The Bertz CT molecular complexity index is 628. The van der Waals surface area contributed by atoms with Gasteiger partial charge in [0, 0.05) is 4.88 Å². The summed E-state index contributed by atoms with van der Waals surface area (Å²) in [7, 11) is 0. The van der Waals surface area contributed by atoms with Crippen LogP contribution in [0.5, 0.6) is 0 Å². The van der Waals surface area contributed by atoms with Crippen LogP contribution in [0, 0.1) is 0 Å². The fourth-order valence-corrected chi connectivity index (χ4v) is 3.99. The van der Waals surface area contributed by atoms with Crippen molar-refractivity contribution < 1.29 is 19.5 Å². The van der Waals surface area contributed by atoms with Gasteiger partial charge >= 0.3 is 5.97 Å². The number of aliphatic carboxylic acids is 1. The van der Waals surface area contributed by atoms with E-state index in [1.165, 1.54) is 23.1 Å². The number of hydrogen-bond acceptors (Lipinski definition) is 6. The molecule has 21 heavy (non-hydrogen) atoms. The van der Waals surface area contributed by atoms with Gasteiger partial charge in [0.2, 0.25) is 11.7 Å². The first kappa shape index (κ1) is 14.1. The number of thiophene rings is 1. The second-order valence-corrected chi connectivity index (χ2v) is 6.59. The molecule has 2 N–H and O–H groups in total. The Hall–Kier alpha value is -1.87. The third-order valence-electron chi connectivity index (χ3n) is 3.15. The van der Waals surface area contributed by atoms with Crippen LogP contribution >= 0.6 is 23.1 Å². The second kappa shape index (κ2) is 5.49. The molecule has 1 aromatic heterocycles. The number of thioether (sulfide) groups is 1. The molecule has 3 heterocycles. The summed E-state index contributed by atoms with van der Waals surface area (Å²) in [6, 6.07) is 3.03. The summed E-state index contributed by atoms with van der Waals surface area (Å²) in [5, 5.41) is 13.2. The highest BCUT2D eigenvalue weighted by molar-refractivity contribution is 8.00. The van der Waals surface area contributed by atoms with Gasteiger partial charge in [-0.15, -0.1) is 23.1 Å². The van der Waals surface area contributed by atoms with Crippen molar-refractivity contribution in [3.05, 3.63) is 22.4 Å². The monoisotopic (exact) mass is 325 g/mol. The number of fused-ring (bicyclic) bond motifs is 1. The SMILES string of the molecule is O=C(Cc1cccs1)NC1C(=O)N2C(C(=O)O)=NCSC12. The van der Waals surface area contributed by atoms with Crippen molar-refractivity contribution in [1.82, 2.24) is 10.2 Å². The molecule has 0 aromatic carbocycles. The zero-order chi connectivity index (χ0) is 15.0. The average Bonchev–Trinajstić information content (AvgIpc) is 2.96. The Morgan fingerprint density at radius 3 is 3.00 bits per heavy atom. The minimum absolute atomic E-state index is 0.221. The molecule has 1 aromatic rings. The number of amides is 2. The number of carbonyl (C=O) groups excluding carboxylic acids is 2. The summed E-state index contributed by atoms with van der Waals surface area (Å²) in [4.78, 5) is 40.8. The predicted octanol–water partition coefficient (Wildman–Crippen LogP) is 0.131. The van der Waals surface area contributed by atoms with Gasteiger partial charge < -0.3 is 10.4 Å². The van der Waals surface area contributed by atoms with Crippen LogP contribution in [0.15, 0.2) is 22.5 Å². The van der Waals surface area contributed by atoms with Gasteiger partial charge in [-0.25, -0.2) is 4.79 Å². The van der Waals surface area contributed by atoms with E-state index in [-0.39, 0.29) is 29.4 Å². The molecule has 2 atom stereocenters. The van der Waals surface area contributed by atoms with Gasteiger partial charge in [0.1, 0.15) is 11.4 Å². The van der Waals surface area contributed by atoms with Crippen LogP contribution in [0.4, 0.5) is 0 Å². The highest BCUT2D eigenvalue weighted by Gasteiger charge is 2.53. The summed E-state index contributed by atoms with van der Waals surface area (Å²) in [6.45, 7) is 0. The number of carbonyl (C=O) groups is 3. The Labute approximate surface area is 128 Å². The molecule has 0 saturated carbocycles. The second-order valence-electron chi connectivity index (χ2n) is 4.48. The lowest BCUT2D eigenvalue weighted by Gasteiger charge is -2.47. The zero-order valence-electron chi connectivity index (χ0n) is 10.7. The summed E-state index contributed by atoms with van der Waals surface area (Å²) in [5.41, 5.74) is 0. The van der Waals surface area contributed by atoms with Crippen molar-refractivity contribution in [1.29, 1.82) is 0 Å². The number of carboxylic acids is 1. The van der Waals surface area contributed by atoms with Gasteiger partial charge in [0.05, 0.1) is 12.3 Å². The maximum absolute atomic E-state index is 12.0. The zero-order valence-corrected chi connectivity index (χ0v) is 12.3. The molecule has 0 bridgehead atoms. The van der Waals surface area contributed by atoms with E-state index in [1.807, 2.05) is 17.5 Å². The summed E-state index contributed by atoms with van der Waals surface area (Å²) in [6.07, 6.45) is 0.221. The lowest BCUT2D eigenvalue weighted by molar-refractivity contribution is -0.145. The molecule has 2 aliphatic heterocycles. The van der Waals surface area contributed by atoms with Gasteiger partial charge in [-0.05, 0) is 11.4 Å². The van der Waals surface area contributed by atoms with E-state index in [9.17, 15) is 14.4 Å². The third kappa shape index (κ3) is 2.54. The van der Waals surface area contributed by atoms with E-state index in [2.05, 4.69) is 10.3 Å². The van der Waals surface area contributed by atoms with Gasteiger partial charge in [0.25, 0.3) is 5.91 Å². The van der Waals surface area contributed by atoms with E-state index in [0.29, 0.717) is 0 Å². The number of nitrogens with zero attached hydrogens (tertiary/aromatic N) is 2. The molecular formula is C12H11N3O4S2. The number of nitrogens with one attached hydrogen (secondary N) is 1. The minimum Gasteiger partial charge on any atom is -0.475 e. The van der Waals surface area contributed by atoms with E-state index >= 15 is 0 Å². The summed E-state index contributed by atoms with van der Waals surface area (Å²) in [5.74, 6) is -1.86. The number of amidine groups is 1. The minimum atomic E-state index is -1.22. The largest absolute Gasteiger partial charge is 0.475 e. The summed E-state index contributed by atoms with van der Waals surface area (Å²) < 4.78 is 0. The quantitative estimate of drug-likeness (QED) is 0.767. The molecule has 9 heteroatoms. The molecule has 2 aliphatic rings. The molecule has 2 amide bonds. The molecule has 0 aliphatic carbocycles. The fraction of sp³-hybridized carbons (Fsp3) is 0.333. The van der Waals surface area contributed by atoms with Crippen molar-refractivity contribution >= 4 is 46.7 Å². The Morgan fingerprint density at radius 1 is 1.52 bits per heavy atom. The van der Waals surface area contributed by atoms with Crippen molar-refractivity contribution in [2.24, 2.45) is 4.99 Å². The van der Waals surface area contributed by atoms with Crippen molar-refractivity contribution in [2.45, 2.75) is 17.8 Å². The van der Waals surface area contributed by atoms with Gasteiger partial charge in [-0.2, -0.15) is 0 Å². The lowest BCUT2D eigenvalue weighted by atomic mass is 10.1. The Kier molecular flexibility index (Phi) is 3.68. The Balaban J connectivity index is 1.64. The smallest absolute Gasteiger partial charge is 0.371 e. The standard InChI is InChI=1S/C12H11N3O4S2/c16-7(4-6-2-1-3-20-6)14-8-10(17)15-9(12(18)19)13-5-21-11(8)15/h1-3,8,11H,4-5H2,(H,14,16)(H,18,19). The summed E-state index contributed by atoms with van der Waals surface area (Å²) >= 11 is 2.81. The van der Waals surface area contributed by atoms with Gasteiger partial charge in [-0.3, -0.25) is 19.5 Å². The molecule has 1 saturated heterocycles. The third-order valence-corrected chi connectivity index (χ3v) is 5.13. The molecular weight excluding hydrogens is 314 g/mol. The van der Waals surface area contributed by atoms with Crippen LogP contribution in [0.25, 0.3) is 0 Å². The number of rotatable bonds is 4. The molecule has 110 valence electrons. The topological polar surface area (TPSA) is 99.1 Å². The number of carboxylic acid groups (broad SMARTS) is 1. The van der Waals surface area contributed by atoms with Crippen molar-refractivity contribution in [3.8, 4) is 0 Å². The average molecular weight is 325 g/mol. The van der Waals surface area contributed by atoms with Crippen LogP contribution in [0.1, 0.15) is 4.88 Å². The van der Waals surface area contributed by atoms with Gasteiger partial charge in [0.15, 0.2) is 0 Å². The van der Waals surface area contributed by atoms with Crippen LogP contribution in [-0.4, -0.2) is 50.9 Å². The highest BCUT2D eigenvalue weighted by Crippen LogP contribution is 2.34. The molecule has 0 radical (unpaired) electrons. The van der Waals surface area contributed by atoms with Crippen LogP contribution in [0.2, 0.25) is 0 Å². The maximum Gasteiger partial charge on any atom is 0.371 e. The van der Waals surface area contributed by atoms with Crippen molar-refractivity contribution in [2.75, 3.05) is 5.88 Å². The number of β-lactam (4-membered cyclic amide) rings is 1. The van der Waals surface area contributed by atoms with E-state index in [0.717, 1.165) is 9.78 Å². The first-order chi connectivity index (χ1) is 10.1. The normalized spacial score (nSPS) is 23.9. The van der Waals surface area contributed by atoms with Crippen molar-refractivity contribution in [3.63, 3.8) is 0 Å². The number of aliphatic imine (C=N–C) groups is 1. The molecule has 1 fully saturated rings. The van der Waals surface area contributed by atoms with Crippen LogP contribution in [-0.2, 0) is 20.8 Å². The van der Waals surface area contributed by atoms with E-state index < -0.39 is 17.9 Å². The van der Waals surface area contributed by atoms with E-state index in [4.69, 9.17) is 5.11 Å².